The highest BCUT2D eigenvalue weighted by Crippen LogP contribution is 2.31. The van der Waals surface area contributed by atoms with E-state index in [-0.39, 0.29) is 11.5 Å². The van der Waals surface area contributed by atoms with Gasteiger partial charge in [0.15, 0.2) is 11.0 Å². The Hall–Kier alpha value is -1.24. The van der Waals surface area contributed by atoms with Gasteiger partial charge in [-0.1, -0.05) is 11.6 Å². The fourth-order valence-corrected chi connectivity index (χ4v) is 1.04. The molecule has 3 N–H and O–H groups in total. The minimum Gasteiger partial charge on any atom is -0.393 e. The highest BCUT2D eigenvalue weighted by atomic mass is 35.5. The van der Waals surface area contributed by atoms with Crippen LogP contribution in [0, 0.1) is 0 Å². The first-order valence-corrected chi connectivity index (χ1v) is 4.38. The van der Waals surface area contributed by atoms with Crippen molar-refractivity contribution in [1.29, 1.82) is 0 Å². The molecule has 0 saturated heterocycles. The number of alkyl halides is 3. The van der Waals surface area contributed by atoms with Crippen LogP contribution in [0.4, 0.5) is 24.7 Å². The molecular weight excluding hydrogens is 233 g/mol. The van der Waals surface area contributed by atoms with Gasteiger partial charge in [-0.25, -0.2) is 9.97 Å². The zero-order chi connectivity index (χ0) is 11.6. The van der Waals surface area contributed by atoms with Crippen LogP contribution in [-0.2, 0) is 6.18 Å². The maximum atomic E-state index is 12.3. The second kappa shape index (κ2) is 4.09. The first-order chi connectivity index (χ1) is 6.86. The number of nitrogens with one attached hydrogen (secondary N) is 1. The van der Waals surface area contributed by atoms with Crippen molar-refractivity contribution in [3.05, 3.63) is 11.0 Å². The molecule has 84 valence electrons. The lowest BCUT2D eigenvalue weighted by Gasteiger charge is -2.11. The fraction of sp³-hybridized carbons (Fsp3) is 0.429. The largest absolute Gasteiger partial charge is 0.451 e. The van der Waals surface area contributed by atoms with Crippen molar-refractivity contribution in [2.75, 3.05) is 17.6 Å². The lowest BCUT2D eigenvalue weighted by atomic mass is 10.4. The first kappa shape index (κ1) is 11.8. The molecule has 15 heavy (non-hydrogen) atoms. The highest BCUT2D eigenvalue weighted by molar-refractivity contribution is 6.32. The van der Waals surface area contributed by atoms with Crippen LogP contribution in [0.1, 0.15) is 12.7 Å². The molecule has 0 aliphatic carbocycles. The monoisotopic (exact) mass is 240 g/mol. The van der Waals surface area contributed by atoms with Gasteiger partial charge >= 0.3 is 6.18 Å². The van der Waals surface area contributed by atoms with E-state index in [2.05, 4.69) is 15.3 Å². The van der Waals surface area contributed by atoms with E-state index in [1.54, 1.807) is 6.92 Å². The Morgan fingerprint density at radius 3 is 2.47 bits per heavy atom. The van der Waals surface area contributed by atoms with Gasteiger partial charge in [-0.15, -0.1) is 0 Å². The van der Waals surface area contributed by atoms with E-state index < -0.39 is 17.2 Å². The smallest absolute Gasteiger partial charge is 0.393 e. The van der Waals surface area contributed by atoms with Crippen LogP contribution in [0.2, 0.25) is 5.15 Å². The van der Waals surface area contributed by atoms with Crippen LogP contribution < -0.4 is 11.1 Å². The minimum absolute atomic E-state index is 0.0912. The van der Waals surface area contributed by atoms with Crippen LogP contribution >= 0.6 is 11.6 Å². The molecule has 0 aliphatic heterocycles. The normalized spacial score (nSPS) is 11.5. The maximum absolute atomic E-state index is 12.3. The van der Waals surface area contributed by atoms with E-state index in [0.29, 0.717) is 6.54 Å². The number of aromatic nitrogens is 2. The Labute approximate surface area is 88.7 Å². The molecule has 0 atom stereocenters. The summed E-state index contributed by atoms with van der Waals surface area (Å²) in [6.07, 6.45) is -4.64. The fourth-order valence-electron chi connectivity index (χ4n) is 0.871. The molecule has 0 amide bonds. The quantitative estimate of drug-likeness (QED) is 0.778. The van der Waals surface area contributed by atoms with Gasteiger partial charge in [0.2, 0.25) is 5.82 Å². The molecule has 4 nitrogen and oxygen atoms in total. The third-order valence-electron chi connectivity index (χ3n) is 1.50. The summed E-state index contributed by atoms with van der Waals surface area (Å²) in [7, 11) is 0. The predicted octanol–water partition coefficient (Wildman–Crippen LogP) is 2.16. The number of hydrogen-bond acceptors (Lipinski definition) is 4. The number of nitrogen functional groups attached to an aromatic ring is 1. The molecule has 0 aliphatic rings. The van der Waals surface area contributed by atoms with Crippen molar-refractivity contribution < 1.29 is 13.2 Å². The van der Waals surface area contributed by atoms with Crippen LogP contribution in [-0.4, -0.2) is 16.5 Å². The molecule has 0 aromatic carbocycles. The van der Waals surface area contributed by atoms with E-state index >= 15 is 0 Å². The molecule has 1 rings (SSSR count). The number of nitrogens with zero attached hydrogens (tertiary/aromatic N) is 2. The standard InChI is InChI=1S/C7H8ClF3N4/c1-2-13-5-3(12)4(8)14-6(15-5)7(9,10)11/h2,12H2,1H3,(H,13,14,15). The van der Waals surface area contributed by atoms with E-state index in [0.717, 1.165) is 0 Å². The Morgan fingerprint density at radius 2 is 2.00 bits per heavy atom. The summed E-state index contributed by atoms with van der Waals surface area (Å²) in [4.78, 5) is 6.29. The van der Waals surface area contributed by atoms with Gasteiger partial charge in [0.05, 0.1) is 0 Å². The van der Waals surface area contributed by atoms with Gasteiger partial charge in [-0.3, -0.25) is 0 Å². The average molecular weight is 241 g/mol. The third-order valence-corrected chi connectivity index (χ3v) is 1.79. The number of rotatable bonds is 2. The van der Waals surface area contributed by atoms with Gasteiger partial charge < -0.3 is 11.1 Å². The lowest BCUT2D eigenvalue weighted by Crippen LogP contribution is -2.15. The average Bonchev–Trinajstić information content (AvgIpc) is 2.11. The van der Waals surface area contributed by atoms with Gasteiger partial charge in [0, 0.05) is 6.54 Å². The molecule has 0 bridgehead atoms. The number of halogens is 4. The second-order valence-electron chi connectivity index (χ2n) is 2.63. The van der Waals surface area contributed by atoms with Crippen molar-refractivity contribution in [2.45, 2.75) is 13.1 Å². The molecule has 0 fully saturated rings. The summed E-state index contributed by atoms with van der Waals surface area (Å²) in [5.74, 6) is -1.41. The maximum Gasteiger partial charge on any atom is 0.451 e. The van der Waals surface area contributed by atoms with Crippen molar-refractivity contribution in [2.24, 2.45) is 0 Å². The Bertz CT molecular complexity index is 366. The Balaban J connectivity index is 3.23. The van der Waals surface area contributed by atoms with Gasteiger partial charge in [0.25, 0.3) is 0 Å². The molecule has 1 heterocycles. The predicted molar refractivity (Wildman–Crippen MR) is 50.6 cm³/mol. The lowest BCUT2D eigenvalue weighted by molar-refractivity contribution is -0.144. The van der Waals surface area contributed by atoms with Crippen molar-refractivity contribution in [3.63, 3.8) is 0 Å². The van der Waals surface area contributed by atoms with Crippen molar-refractivity contribution in [3.8, 4) is 0 Å². The highest BCUT2D eigenvalue weighted by Gasteiger charge is 2.36. The minimum atomic E-state index is -4.64. The summed E-state index contributed by atoms with van der Waals surface area (Å²) in [5.41, 5.74) is 5.30. The molecule has 8 heteroatoms. The SMILES string of the molecule is CCNc1nc(C(F)(F)F)nc(Cl)c1N. The van der Waals surface area contributed by atoms with Crippen LogP contribution in [0.3, 0.4) is 0 Å². The van der Waals surface area contributed by atoms with E-state index in [1.807, 2.05) is 0 Å². The zero-order valence-electron chi connectivity index (χ0n) is 7.69. The Morgan fingerprint density at radius 1 is 1.40 bits per heavy atom. The third kappa shape index (κ3) is 2.62. The van der Waals surface area contributed by atoms with Gasteiger partial charge in [-0.05, 0) is 6.92 Å². The number of anilines is 2. The molecule has 0 radical (unpaired) electrons. The molecule has 0 unspecified atom stereocenters. The van der Waals surface area contributed by atoms with Crippen molar-refractivity contribution in [1.82, 2.24) is 9.97 Å². The second-order valence-corrected chi connectivity index (χ2v) is 2.99. The topological polar surface area (TPSA) is 63.8 Å². The summed E-state index contributed by atoms with van der Waals surface area (Å²) in [5, 5.41) is 2.16. The van der Waals surface area contributed by atoms with E-state index in [9.17, 15) is 13.2 Å². The molecule has 0 saturated carbocycles. The van der Waals surface area contributed by atoms with E-state index in [4.69, 9.17) is 17.3 Å². The summed E-state index contributed by atoms with van der Waals surface area (Å²) >= 11 is 5.44. The number of hydrogen-bond donors (Lipinski definition) is 2. The molecule has 0 spiro atoms. The summed E-state index contributed by atoms with van der Waals surface area (Å²) in [6.45, 7) is 2.08. The van der Waals surface area contributed by atoms with Crippen molar-refractivity contribution >= 4 is 23.1 Å². The van der Waals surface area contributed by atoms with Crippen LogP contribution in [0.15, 0.2) is 0 Å². The molecular formula is C7H8ClF3N4. The summed E-state index contributed by atoms with van der Waals surface area (Å²) in [6, 6.07) is 0. The molecule has 1 aromatic rings. The van der Waals surface area contributed by atoms with Gasteiger partial charge in [-0.2, -0.15) is 13.2 Å². The van der Waals surface area contributed by atoms with Gasteiger partial charge in [0.1, 0.15) is 5.69 Å². The first-order valence-electron chi connectivity index (χ1n) is 4.00. The van der Waals surface area contributed by atoms with E-state index in [1.165, 1.54) is 0 Å². The Kier molecular flexibility index (Phi) is 3.23. The van der Waals surface area contributed by atoms with Crippen LogP contribution in [0.5, 0.6) is 0 Å². The molecule has 1 aromatic heterocycles. The summed E-state index contributed by atoms with van der Waals surface area (Å²) < 4.78 is 36.8. The number of nitrogens with two attached hydrogens (primary N) is 1. The van der Waals surface area contributed by atoms with Crippen LogP contribution in [0.25, 0.3) is 0 Å². The zero-order valence-corrected chi connectivity index (χ0v) is 8.45.